The van der Waals surface area contributed by atoms with Crippen LogP contribution in [0.5, 0.6) is 0 Å². The fraction of sp³-hybridized carbons (Fsp3) is 0.154. The quantitative estimate of drug-likeness (QED) is 0.838. The van der Waals surface area contributed by atoms with Crippen LogP contribution in [0.15, 0.2) is 18.2 Å². The average Bonchev–Trinajstić information content (AvgIpc) is 2.72. The van der Waals surface area contributed by atoms with Gasteiger partial charge in [0.15, 0.2) is 5.13 Å². The van der Waals surface area contributed by atoms with Crippen molar-refractivity contribution in [2.75, 3.05) is 10.6 Å². The summed E-state index contributed by atoms with van der Waals surface area (Å²) in [6.07, 6.45) is 0. The van der Waals surface area contributed by atoms with E-state index < -0.39 is 29.1 Å². The van der Waals surface area contributed by atoms with Gasteiger partial charge >= 0.3 is 11.8 Å². The van der Waals surface area contributed by atoms with Crippen LogP contribution in [0, 0.1) is 25.5 Å². The molecule has 0 aliphatic heterocycles. The highest BCUT2D eigenvalue weighted by Gasteiger charge is 2.19. The molecule has 0 radical (unpaired) electrons. The number of para-hydroxylation sites is 1. The predicted octanol–water partition coefficient (Wildman–Crippen LogP) is 2.62. The maximum Gasteiger partial charge on any atom is 0.315 e. The van der Waals surface area contributed by atoms with Crippen molar-refractivity contribution in [2.45, 2.75) is 13.8 Å². The molecular weight excluding hydrogens is 300 g/mol. The lowest BCUT2D eigenvalue weighted by Crippen LogP contribution is -2.29. The SMILES string of the molecule is Cc1nc(NC(=O)C(=O)Nc2c(F)cccc2F)sc1C. The van der Waals surface area contributed by atoms with Gasteiger partial charge in [0.1, 0.15) is 17.3 Å². The molecule has 0 atom stereocenters. The van der Waals surface area contributed by atoms with Crippen molar-refractivity contribution in [3.8, 4) is 0 Å². The van der Waals surface area contributed by atoms with Crippen LogP contribution in [0.1, 0.15) is 10.6 Å². The van der Waals surface area contributed by atoms with E-state index in [1.165, 1.54) is 11.3 Å². The minimum Gasteiger partial charge on any atom is -0.313 e. The van der Waals surface area contributed by atoms with E-state index in [-0.39, 0.29) is 5.13 Å². The van der Waals surface area contributed by atoms with Gasteiger partial charge in [0.25, 0.3) is 0 Å². The number of anilines is 2. The topological polar surface area (TPSA) is 71.1 Å². The fourth-order valence-corrected chi connectivity index (χ4v) is 2.28. The first-order valence-corrected chi connectivity index (χ1v) is 6.70. The maximum atomic E-state index is 13.4. The summed E-state index contributed by atoms with van der Waals surface area (Å²) >= 11 is 1.20. The van der Waals surface area contributed by atoms with Crippen LogP contribution in [0.3, 0.4) is 0 Å². The summed E-state index contributed by atoms with van der Waals surface area (Å²) in [6, 6.07) is 3.11. The Bertz CT molecular complexity index is 676. The number of rotatable bonds is 2. The summed E-state index contributed by atoms with van der Waals surface area (Å²) in [5.41, 5.74) is 0.0695. The molecular formula is C13H11F2N3O2S. The lowest BCUT2D eigenvalue weighted by molar-refractivity contribution is -0.133. The summed E-state index contributed by atoms with van der Waals surface area (Å²) in [5.74, 6) is -4.15. The molecule has 21 heavy (non-hydrogen) atoms. The molecule has 110 valence electrons. The number of amides is 2. The van der Waals surface area contributed by atoms with Gasteiger partial charge in [0.2, 0.25) is 0 Å². The molecule has 1 aromatic carbocycles. The van der Waals surface area contributed by atoms with E-state index in [1.54, 1.807) is 6.92 Å². The Kier molecular flexibility index (Phi) is 4.27. The van der Waals surface area contributed by atoms with Gasteiger partial charge in [-0.2, -0.15) is 0 Å². The Morgan fingerprint density at radius 3 is 2.19 bits per heavy atom. The van der Waals surface area contributed by atoms with Crippen molar-refractivity contribution in [3.05, 3.63) is 40.4 Å². The molecule has 2 N–H and O–H groups in total. The number of hydrogen-bond acceptors (Lipinski definition) is 4. The van der Waals surface area contributed by atoms with Crippen LogP contribution in [-0.2, 0) is 9.59 Å². The fourth-order valence-electron chi connectivity index (χ4n) is 1.47. The van der Waals surface area contributed by atoms with Crippen LogP contribution in [-0.4, -0.2) is 16.8 Å². The third-order valence-corrected chi connectivity index (χ3v) is 3.64. The third kappa shape index (κ3) is 3.40. The molecule has 0 spiro atoms. The molecule has 0 aliphatic carbocycles. The van der Waals surface area contributed by atoms with Crippen molar-refractivity contribution in [2.24, 2.45) is 0 Å². The van der Waals surface area contributed by atoms with Gasteiger partial charge in [-0.3, -0.25) is 14.9 Å². The molecule has 0 bridgehead atoms. The van der Waals surface area contributed by atoms with Crippen molar-refractivity contribution in [1.82, 2.24) is 4.98 Å². The molecule has 1 aromatic heterocycles. The Hall–Kier alpha value is -2.35. The van der Waals surface area contributed by atoms with Gasteiger partial charge in [-0.25, -0.2) is 13.8 Å². The zero-order chi connectivity index (χ0) is 15.6. The largest absolute Gasteiger partial charge is 0.315 e. The van der Waals surface area contributed by atoms with E-state index >= 15 is 0 Å². The molecule has 2 rings (SSSR count). The van der Waals surface area contributed by atoms with Crippen molar-refractivity contribution >= 4 is 34.0 Å². The summed E-state index contributed by atoms with van der Waals surface area (Å²) < 4.78 is 26.7. The first-order chi connectivity index (χ1) is 9.88. The predicted molar refractivity (Wildman–Crippen MR) is 75.2 cm³/mol. The van der Waals surface area contributed by atoms with Crippen LogP contribution < -0.4 is 10.6 Å². The number of benzene rings is 1. The molecule has 0 fully saturated rings. The second kappa shape index (κ2) is 5.96. The highest BCUT2D eigenvalue weighted by molar-refractivity contribution is 7.15. The number of aryl methyl sites for hydroxylation is 2. The number of nitrogens with one attached hydrogen (secondary N) is 2. The Balaban J connectivity index is 2.08. The average molecular weight is 311 g/mol. The summed E-state index contributed by atoms with van der Waals surface area (Å²) in [6.45, 7) is 3.58. The molecule has 1 heterocycles. The van der Waals surface area contributed by atoms with Gasteiger partial charge < -0.3 is 5.32 Å². The van der Waals surface area contributed by atoms with Crippen molar-refractivity contribution in [3.63, 3.8) is 0 Å². The van der Waals surface area contributed by atoms with E-state index in [1.807, 2.05) is 12.2 Å². The lowest BCUT2D eigenvalue weighted by atomic mass is 10.3. The standard InChI is InChI=1S/C13H11F2N3O2S/c1-6-7(2)21-13(16-6)18-12(20)11(19)17-10-8(14)4-3-5-9(10)15/h3-5H,1-2H3,(H,17,19)(H,16,18,20). The van der Waals surface area contributed by atoms with E-state index in [9.17, 15) is 18.4 Å². The highest BCUT2D eigenvalue weighted by Crippen LogP contribution is 2.21. The van der Waals surface area contributed by atoms with Crippen LogP contribution in [0.4, 0.5) is 19.6 Å². The number of carbonyl (C=O) groups excluding carboxylic acids is 2. The molecule has 0 unspecified atom stereocenters. The second-order valence-corrected chi connectivity index (χ2v) is 5.37. The van der Waals surface area contributed by atoms with Gasteiger partial charge in [0.05, 0.1) is 5.69 Å². The number of carbonyl (C=O) groups is 2. The zero-order valence-electron chi connectivity index (χ0n) is 11.2. The monoisotopic (exact) mass is 311 g/mol. The van der Waals surface area contributed by atoms with Gasteiger partial charge in [0, 0.05) is 4.88 Å². The smallest absolute Gasteiger partial charge is 0.313 e. The minimum atomic E-state index is -1.18. The van der Waals surface area contributed by atoms with Gasteiger partial charge in [-0.15, -0.1) is 11.3 Å². The van der Waals surface area contributed by atoms with E-state index in [4.69, 9.17) is 0 Å². The number of hydrogen-bond donors (Lipinski definition) is 2. The summed E-state index contributed by atoms with van der Waals surface area (Å²) in [7, 11) is 0. The Morgan fingerprint density at radius 2 is 1.67 bits per heavy atom. The molecule has 0 aliphatic rings. The third-order valence-electron chi connectivity index (χ3n) is 2.66. The minimum absolute atomic E-state index is 0.249. The second-order valence-electron chi connectivity index (χ2n) is 4.17. The summed E-state index contributed by atoms with van der Waals surface area (Å²) in [4.78, 5) is 28.2. The molecule has 2 amide bonds. The molecule has 8 heteroatoms. The lowest BCUT2D eigenvalue weighted by Gasteiger charge is -2.06. The Morgan fingerprint density at radius 1 is 1.10 bits per heavy atom. The van der Waals surface area contributed by atoms with E-state index in [0.29, 0.717) is 0 Å². The Labute approximate surface area is 123 Å². The number of aromatic nitrogens is 1. The molecule has 0 saturated heterocycles. The van der Waals surface area contributed by atoms with E-state index in [0.717, 1.165) is 28.8 Å². The van der Waals surface area contributed by atoms with E-state index in [2.05, 4.69) is 10.3 Å². The first-order valence-electron chi connectivity index (χ1n) is 5.89. The number of nitrogens with zero attached hydrogens (tertiary/aromatic N) is 1. The molecule has 2 aromatic rings. The normalized spacial score (nSPS) is 10.3. The highest BCUT2D eigenvalue weighted by atomic mass is 32.1. The van der Waals surface area contributed by atoms with Crippen LogP contribution >= 0.6 is 11.3 Å². The van der Waals surface area contributed by atoms with Gasteiger partial charge in [-0.1, -0.05) is 6.07 Å². The molecule has 0 saturated carbocycles. The van der Waals surface area contributed by atoms with Gasteiger partial charge in [-0.05, 0) is 26.0 Å². The molecule has 5 nitrogen and oxygen atoms in total. The zero-order valence-corrected chi connectivity index (χ0v) is 12.0. The van der Waals surface area contributed by atoms with Crippen molar-refractivity contribution in [1.29, 1.82) is 0 Å². The summed E-state index contributed by atoms with van der Waals surface area (Å²) in [5, 5.41) is 4.42. The van der Waals surface area contributed by atoms with Crippen LogP contribution in [0.25, 0.3) is 0 Å². The van der Waals surface area contributed by atoms with Crippen molar-refractivity contribution < 1.29 is 18.4 Å². The van der Waals surface area contributed by atoms with Crippen LogP contribution in [0.2, 0.25) is 0 Å². The first kappa shape index (κ1) is 15.0. The number of halogens is 2. The maximum absolute atomic E-state index is 13.4. The number of thiazole rings is 1.